The number of likely N-dealkylation sites (N-methyl/N-ethyl adjacent to an activating group) is 7. The molecule has 0 aromatic rings. The van der Waals surface area contributed by atoms with E-state index in [4.69, 9.17) is 9.47 Å². The predicted molar refractivity (Wildman–Crippen MR) is 373 cm³/mol. The van der Waals surface area contributed by atoms with Crippen molar-refractivity contribution >= 4 is 76.7 Å². The van der Waals surface area contributed by atoms with E-state index in [1.165, 1.54) is 99.7 Å². The molecular formula is C69H124N12O14S. The van der Waals surface area contributed by atoms with Crippen molar-refractivity contribution in [3.8, 4) is 0 Å². The van der Waals surface area contributed by atoms with E-state index in [0.717, 1.165) is 16.7 Å². The Morgan fingerprint density at radius 3 is 1.51 bits per heavy atom. The average molecular weight is 1380 g/mol. The zero-order chi connectivity index (χ0) is 73.7. The zero-order valence-corrected chi connectivity index (χ0v) is 63.6. The molecule has 2 saturated heterocycles. The Kier molecular flexibility index (Phi) is 35.6. The summed E-state index contributed by atoms with van der Waals surface area (Å²) < 4.78 is 11.4. The second-order valence-corrected chi connectivity index (χ2v) is 30.2. The maximum atomic E-state index is 15.5. The molecule has 2 aliphatic rings. The highest BCUT2D eigenvalue weighted by Gasteiger charge is 2.47. The molecule has 13 atom stereocenters. The third kappa shape index (κ3) is 24.2. The van der Waals surface area contributed by atoms with Crippen LogP contribution in [0, 0.1) is 35.5 Å². The van der Waals surface area contributed by atoms with E-state index >= 15 is 33.6 Å². The highest BCUT2D eigenvalue weighted by molar-refractivity contribution is 8.00. The molecule has 27 heteroatoms. The second kappa shape index (κ2) is 39.6. The molecule has 0 saturated carbocycles. The van der Waals surface area contributed by atoms with Crippen LogP contribution in [0.1, 0.15) is 156 Å². The lowest BCUT2D eigenvalue weighted by atomic mass is 9.91. The Bertz CT molecular complexity index is 2640. The van der Waals surface area contributed by atoms with Crippen molar-refractivity contribution in [3.63, 3.8) is 0 Å². The summed E-state index contributed by atoms with van der Waals surface area (Å²) in [5.41, 5.74) is -1.05. The van der Waals surface area contributed by atoms with Gasteiger partial charge in [0.05, 0.1) is 24.9 Å². The van der Waals surface area contributed by atoms with Crippen molar-refractivity contribution in [3.05, 3.63) is 12.2 Å². The smallest absolute Gasteiger partial charge is 0.256 e. The minimum absolute atomic E-state index is 0.0190. The van der Waals surface area contributed by atoms with Crippen LogP contribution in [0.2, 0.25) is 0 Å². The Labute approximate surface area is 578 Å². The highest BCUT2D eigenvalue weighted by Crippen LogP contribution is 2.28. The summed E-state index contributed by atoms with van der Waals surface area (Å²) in [6.45, 7) is 32.4. The Morgan fingerprint density at radius 2 is 1.02 bits per heavy atom. The largest absolute Gasteiger partial charge is 0.390 e. The number of hydrogen-bond donors (Lipinski definition) is 5. The normalized spacial score (nSPS) is 27.3. The maximum absolute atomic E-state index is 15.5. The Morgan fingerprint density at radius 1 is 0.552 bits per heavy atom. The summed E-state index contributed by atoms with van der Waals surface area (Å²) in [5.74, 6) is -9.68. The fourth-order valence-corrected chi connectivity index (χ4v) is 13.3. The summed E-state index contributed by atoms with van der Waals surface area (Å²) in [6.07, 6.45) is 2.65. The molecule has 0 radical (unpaired) electrons. The molecule has 11 amide bonds. The molecular weight excluding hydrogens is 1250 g/mol. The van der Waals surface area contributed by atoms with Crippen LogP contribution in [-0.2, 0) is 62.2 Å². The number of nitrogens with one attached hydrogen (secondary N) is 4. The molecule has 0 spiro atoms. The van der Waals surface area contributed by atoms with Crippen molar-refractivity contribution in [1.82, 2.24) is 60.5 Å². The number of thioether (sulfide) groups is 1. The van der Waals surface area contributed by atoms with Crippen LogP contribution in [0.15, 0.2) is 12.2 Å². The molecule has 26 nitrogen and oxygen atoms in total. The molecule has 0 aliphatic carbocycles. The predicted octanol–water partition coefficient (Wildman–Crippen LogP) is 3.43. The standard InChI is InChI=1S/C69H124N12O14S/c1-26-28-29-45(13)56(82)55-60(86)72-48(27-2)62(88)80(24)68(96-35-32-81-30-33-95-34-31-81)67(93)77(21)52(39-69(16,17)94-25)59(85)73-53(43(9)10)65(91)74(18)49(36-40(3)4)58(84)70-46(14)57(83)71-47(15)61(87)75(19)50(37-41(5)6)63(89)76(20)51(38-42(7)8)64(90)78(22)54(44(11)12)66(92)79(55)23/h26,28,40-56,68,82H,27,29-39H2,1-25H3,(H,70,84)(H,71,83)(H,72,86)(H,73,85)/b28-26+/t45-,46+,47-,48+,49+,50+,51+,52+,53+,54+,55+,56-,68-/m1/s1. The first-order chi connectivity index (χ1) is 44.5. The molecule has 96 heavy (non-hydrogen) atoms. The van der Waals surface area contributed by atoms with Crippen LogP contribution in [0.3, 0.4) is 0 Å². The Balaban J connectivity index is 3.14. The summed E-state index contributed by atoms with van der Waals surface area (Å²) in [6, 6.07) is -12.9. The monoisotopic (exact) mass is 1380 g/mol. The van der Waals surface area contributed by atoms with Gasteiger partial charge in [-0.05, 0) is 102 Å². The average Bonchev–Trinajstić information content (AvgIpc) is 0.825. The van der Waals surface area contributed by atoms with E-state index in [0.29, 0.717) is 45.0 Å². The van der Waals surface area contributed by atoms with Gasteiger partial charge < -0.3 is 70.1 Å². The van der Waals surface area contributed by atoms with E-state index in [9.17, 15) is 24.3 Å². The second-order valence-electron chi connectivity index (χ2n) is 29.0. The van der Waals surface area contributed by atoms with Crippen molar-refractivity contribution in [2.75, 3.05) is 95.0 Å². The third-order valence-corrected chi connectivity index (χ3v) is 19.8. The number of rotatable bonds is 20. The van der Waals surface area contributed by atoms with Crippen LogP contribution in [-0.4, -0.2) is 282 Å². The quantitative estimate of drug-likeness (QED) is 0.109. The number of nitrogens with zero attached hydrogens (tertiary/aromatic N) is 8. The lowest BCUT2D eigenvalue weighted by Gasteiger charge is -2.41. The number of aliphatic hydroxyl groups excluding tert-OH is 1. The van der Waals surface area contributed by atoms with Gasteiger partial charge in [0.25, 0.3) is 5.91 Å². The van der Waals surface area contributed by atoms with Gasteiger partial charge in [0, 0.05) is 88.3 Å². The molecule has 2 aliphatic heterocycles. The lowest BCUT2D eigenvalue weighted by molar-refractivity contribution is -0.157. The van der Waals surface area contributed by atoms with Gasteiger partial charge in [0.1, 0.15) is 60.4 Å². The van der Waals surface area contributed by atoms with Gasteiger partial charge >= 0.3 is 0 Å². The number of carbonyl (C=O) groups excluding carboxylic acids is 11. The molecule has 5 N–H and O–H groups in total. The van der Waals surface area contributed by atoms with Gasteiger partial charge in [-0.3, -0.25) is 57.6 Å². The number of methoxy groups -OCH3 is 1. The van der Waals surface area contributed by atoms with Crippen molar-refractivity contribution in [1.29, 1.82) is 0 Å². The highest BCUT2D eigenvalue weighted by atomic mass is 32.2. The maximum Gasteiger partial charge on any atom is 0.256 e. The number of ether oxygens (including phenoxy) is 2. The molecule has 0 unspecified atom stereocenters. The first-order valence-corrected chi connectivity index (χ1v) is 35.4. The zero-order valence-electron chi connectivity index (χ0n) is 62.8. The molecule has 2 rings (SSSR count). The van der Waals surface area contributed by atoms with E-state index < -0.39 is 160 Å². The molecule has 0 bridgehead atoms. The minimum atomic E-state index is -1.65. The van der Waals surface area contributed by atoms with E-state index in [1.807, 2.05) is 47.6 Å². The van der Waals surface area contributed by atoms with Gasteiger partial charge in [-0.25, -0.2) is 0 Å². The number of allylic oxidation sites excluding steroid dienone is 2. The number of carbonyl (C=O) groups is 11. The summed E-state index contributed by atoms with van der Waals surface area (Å²) in [4.78, 5) is 176. The summed E-state index contributed by atoms with van der Waals surface area (Å²) in [5, 5.41) is 22.2. The fraction of sp³-hybridized carbons (Fsp3) is 0.812. The van der Waals surface area contributed by atoms with Gasteiger partial charge in [-0.15, -0.1) is 11.8 Å². The summed E-state index contributed by atoms with van der Waals surface area (Å²) >= 11 is 1.15. The molecule has 2 fully saturated rings. The van der Waals surface area contributed by atoms with Crippen LogP contribution < -0.4 is 21.3 Å². The van der Waals surface area contributed by atoms with Crippen molar-refractivity contribution in [2.45, 2.75) is 234 Å². The summed E-state index contributed by atoms with van der Waals surface area (Å²) in [7, 11) is 11.5. The fourth-order valence-electron chi connectivity index (χ4n) is 12.1. The molecule has 0 aromatic carbocycles. The van der Waals surface area contributed by atoms with Crippen LogP contribution in [0.25, 0.3) is 0 Å². The van der Waals surface area contributed by atoms with E-state index in [2.05, 4.69) is 26.2 Å². The SMILES string of the molecule is C/C=C/C[C@@H](C)[C@@H](O)[C@H]1C(=O)N[C@@H](CC)C(=O)N(C)[C@H](SCCN2CCOCC2)C(=O)N(C)[C@@H](CC(C)(C)OC)C(=O)N[C@@H](C(C)C)C(=O)N(C)[C@@H](CC(C)C)C(=O)N[C@@H](C)C(=O)N[C@H](C)C(=O)N(C)[C@@H](CC(C)C)C(=O)N(C)[C@@H](CC(C)C)C(=O)N(C)[C@@H](C(C)C)C(=O)N1C. The van der Waals surface area contributed by atoms with Crippen LogP contribution in [0.5, 0.6) is 0 Å². The minimum Gasteiger partial charge on any atom is -0.390 e. The van der Waals surface area contributed by atoms with Gasteiger partial charge in [0.2, 0.25) is 59.1 Å². The number of amides is 11. The third-order valence-electron chi connectivity index (χ3n) is 18.5. The van der Waals surface area contributed by atoms with Crippen LogP contribution in [0.4, 0.5) is 0 Å². The number of hydrogen-bond acceptors (Lipinski definition) is 16. The van der Waals surface area contributed by atoms with E-state index in [1.54, 1.807) is 68.4 Å². The topological polar surface area (TPSA) is 300 Å². The van der Waals surface area contributed by atoms with Crippen molar-refractivity contribution in [2.24, 2.45) is 35.5 Å². The first-order valence-electron chi connectivity index (χ1n) is 34.4. The first kappa shape index (κ1) is 86.2. The lowest BCUT2D eigenvalue weighted by Crippen LogP contribution is -2.64. The number of morpholine rings is 1. The van der Waals surface area contributed by atoms with Gasteiger partial charge in [-0.2, -0.15) is 0 Å². The van der Waals surface area contributed by atoms with Gasteiger partial charge in [0.15, 0.2) is 5.37 Å². The molecule has 2 heterocycles. The Hall–Kier alpha value is -5.90. The van der Waals surface area contributed by atoms with E-state index in [-0.39, 0.29) is 49.9 Å². The number of aliphatic hydroxyl groups is 1. The van der Waals surface area contributed by atoms with Crippen molar-refractivity contribution < 1.29 is 67.3 Å². The molecule has 550 valence electrons. The van der Waals surface area contributed by atoms with Crippen LogP contribution >= 0.6 is 11.8 Å². The molecule has 0 aromatic heterocycles. The van der Waals surface area contributed by atoms with Gasteiger partial charge in [-0.1, -0.05) is 95.2 Å².